The Labute approximate surface area is 109 Å². The Balaban J connectivity index is 2.23. The standard InChI is InChI=1S/C14H22N2O2/c1-11-8-12(2)10-13(9-11)18-7-6-16-14(17)4-3-5-15/h8-10H,3-7,15H2,1-2H3,(H,16,17). The lowest BCUT2D eigenvalue weighted by molar-refractivity contribution is -0.121. The maximum atomic E-state index is 11.3. The summed E-state index contributed by atoms with van der Waals surface area (Å²) in [4.78, 5) is 11.3. The minimum atomic E-state index is 0.0319. The van der Waals surface area contributed by atoms with Crippen LogP contribution < -0.4 is 15.8 Å². The van der Waals surface area contributed by atoms with Crippen LogP contribution in [0.25, 0.3) is 0 Å². The predicted molar refractivity (Wildman–Crippen MR) is 72.7 cm³/mol. The summed E-state index contributed by atoms with van der Waals surface area (Å²) in [5.74, 6) is 0.883. The molecule has 18 heavy (non-hydrogen) atoms. The molecule has 0 unspecified atom stereocenters. The topological polar surface area (TPSA) is 64.3 Å². The Morgan fingerprint density at radius 2 is 1.94 bits per heavy atom. The van der Waals surface area contributed by atoms with Crippen molar-refractivity contribution in [1.82, 2.24) is 5.32 Å². The monoisotopic (exact) mass is 250 g/mol. The molecule has 0 heterocycles. The SMILES string of the molecule is Cc1cc(C)cc(OCCNC(=O)CCCN)c1. The largest absolute Gasteiger partial charge is 0.492 e. The predicted octanol–water partition coefficient (Wildman–Crippen LogP) is 1.54. The Hall–Kier alpha value is -1.55. The number of ether oxygens (including phenoxy) is 1. The molecule has 0 saturated carbocycles. The van der Waals surface area contributed by atoms with Gasteiger partial charge in [0.1, 0.15) is 12.4 Å². The summed E-state index contributed by atoms with van der Waals surface area (Å²) in [6, 6.07) is 6.08. The van der Waals surface area contributed by atoms with E-state index in [1.807, 2.05) is 26.0 Å². The van der Waals surface area contributed by atoms with Crippen molar-refractivity contribution in [2.45, 2.75) is 26.7 Å². The number of aryl methyl sites for hydroxylation is 2. The van der Waals surface area contributed by atoms with Gasteiger partial charge >= 0.3 is 0 Å². The van der Waals surface area contributed by atoms with Crippen LogP contribution in [0, 0.1) is 13.8 Å². The van der Waals surface area contributed by atoms with Crippen LogP contribution in [0.3, 0.4) is 0 Å². The highest BCUT2D eigenvalue weighted by Gasteiger charge is 2.00. The fourth-order valence-corrected chi connectivity index (χ4v) is 1.73. The summed E-state index contributed by atoms with van der Waals surface area (Å²) in [5.41, 5.74) is 7.69. The van der Waals surface area contributed by atoms with Gasteiger partial charge in [-0.15, -0.1) is 0 Å². The fraction of sp³-hybridized carbons (Fsp3) is 0.500. The third kappa shape index (κ3) is 5.68. The van der Waals surface area contributed by atoms with Gasteiger partial charge in [-0.3, -0.25) is 4.79 Å². The molecule has 0 spiro atoms. The zero-order valence-electron chi connectivity index (χ0n) is 11.2. The number of nitrogens with one attached hydrogen (secondary N) is 1. The van der Waals surface area contributed by atoms with Crippen molar-refractivity contribution in [2.75, 3.05) is 19.7 Å². The van der Waals surface area contributed by atoms with Crippen LogP contribution in [0.5, 0.6) is 5.75 Å². The van der Waals surface area contributed by atoms with Gasteiger partial charge in [0.05, 0.1) is 6.54 Å². The van der Waals surface area contributed by atoms with E-state index in [2.05, 4.69) is 11.4 Å². The molecule has 1 rings (SSSR count). The van der Waals surface area contributed by atoms with Crippen molar-refractivity contribution in [3.05, 3.63) is 29.3 Å². The van der Waals surface area contributed by atoms with Gasteiger partial charge in [-0.2, -0.15) is 0 Å². The Morgan fingerprint density at radius 3 is 2.56 bits per heavy atom. The maximum Gasteiger partial charge on any atom is 0.220 e. The van der Waals surface area contributed by atoms with Gasteiger partial charge in [0.2, 0.25) is 5.91 Å². The summed E-state index contributed by atoms with van der Waals surface area (Å²) in [7, 11) is 0. The first-order valence-corrected chi connectivity index (χ1v) is 6.29. The number of rotatable bonds is 7. The molecule has 100 valence electrons. The molecule has 0 aliphatic heterocycles. The smallest absolute Gasteiger partial charge is 0.220 e. The van der Waals surface area contributed by atoms with E-state index in [1.54, 1.807) is 0 Å². The molecule has 0 fully saturated rings. The Morgan fingerprint density at radius 1 is 1.28 bits per heavy atom. The van der Waals surface area contributed by atoms with E-state index in [0.29, 0.717) is 26.1 Å². The first-order valence-electron chi connectivity index (χ1n) is 6.29. The lowest BCUT2D eigenvalue weighted by Gasteiger charge is -2.09. The van der Waals surface area contributed by atoms with Gasteiger partial charge < -0.3 is 15.8 Å². The van der Waals surface area contributed by atoms with Crippen molar-refractivity contribution in [1.29, 1.82) is 0 Å². The first kappa shape index (κ1) is 14.5. The highest BCUT2D eigenvalue weighted by atomic mass is 16.5. The van der Waals surface area contributed by atoms with Gasteiger partial charge in [0, 0.05) is 6.42 Å². The van der Waals surface area contributed by atoms with Crippen LogP contribution in [0.4, 0.5) is 0 Å². The molecule has 1 amide bonds. The van der Waals surface area contributed by atoms with Crippen LogP contribution in [-0.4, -0.2) is 25.6 Å². The summed E-state index contributed by atoms with van der Waals surface area (Å²) < 4.78 is 5.58. The summed E-state index contributed by atoms with van der Waals surface area (Å²) in [5, 5.41) is 2.80. The Kier molecular flexibility index (Phi) is 6.22. The van der Waals surface area contributed by atoms with Gasteiger partial charge in [-0.1, -0.05) is 6.07 Å². The van der Waals surface area contributed by atoms with Gasteiger partial charge in [-0.05, 0) is 50.1 Å². The molecule has 4 heteroatoms. The molecule has 0 aliphatic carbocycles. The van der Waals surface area contributed by atoms with E-state index >= 15 is 0 Å². The number of hydrogen-bond donors (Lipinski definition) is 2. The molecule has 0 bridgehead atoms. The summed E-state index contributed by atoms with van der Waals surface area (Å²) in [6.07, 6.45) is 1.21. The number of benzene rings is 1. The van der Waals surface area contributed by atoms with Gasteiger partial charge in [0.15, 0.2) is 0 Å². The highest BCUT2D eigenvalue weighted by molar-refractivity contribution is 5.75. The molecule has 1 aromatic rings. The molecular weight excluding hydrogens is 228 g/mol. The van der Waals surface area contributed by atoms with Crippen LogP contribution in [0.1, 0.15) is 24.0 Å². The van der Waals surface area contributed by atoms with E-state index in [1.165, 1.54) is 11.1 Å². The zero-order valence-corrected chi connectivity index (χ0v) is 11.2. The van der Waals surface area contributed by atoms with Crippen molar-refractivity contribution in [3.8, 4) is 5.75 Å². The molecular formula is C14H22N2O2. The second-order valence-electron chi connectivity index (χ2n) is 4.41. The molecule has 1 aromatic carbocycles. The van der Waals surface area contributed by atoms with Gasteiger partial charge in [-0.25, -0.2) is 0 Å². The zero-order chi connectivity index (χ0) is 13.4. The van der Waals surface area contributed by atoms with Crippen molar-refractivity contribution in [3.63, 3.8) is 0 Å². The van der Waals surface area contributed by atoms with E-state index in [4.69, 9.17) is 10.5 Å². The second kappa shape index (κ2) is 7.71. The second-order valence-corrected chi connectivity index (χ2v) is 4.41. The van der Waals surface area contributed by atoms with Crippen LogP contribution in [0.15, 0.2) is 18.2 Å². The normalized spacial score (nSPS) is 10.2. The van der Waals surface area contributed by atoms with Crippen LogP contribution in [-0.2, 0) is 4.79 Å². The van der Waals surface area contributed by atoms with Crippen molar-refractivity contribution >= 4 is 5.91 Å². The quantitative estimate of drug-likeness (QED) is 0.721. The molecule has 0 saturated heterocycles. The van der Waals surface area contributed by atoms with E-state index in [0.717, 1.165) is 12.2 Å². The number of carbonyl (C=O) groups is 1. The Bertz CT molecular complexity index is 371. The number of hydrogen-bond acceptors (Lipinski definition) is 3. The lowest BCUT2D eigenvalue weighted by Crippen LogP contribution is -2.28. The number of nitrogens with two attached hydrogens (primary N) is 1. The fourth-order valence-electron chi connectivity index (χ4n) is 1.73. The summed E-state index contributed by atoms with van der Waals surface area (Å²) >= 11 is 0. The molecule has 0 aromatic heterocycles. The van der Waals surface area contributed by atoms with Crippen LogP contribution in [0.2, 0.25) is 0 Å². The average Bonchev–Trinajstić information content (AvgIpc) is 2.31. The van der Waals surface area contributed by atoms with Crippen molar-refractivity contribution in [2.24, 2.45) is 5.73 Å². The third-order valence-corrected chi connectivity index (χ3v) is 2.50. The first-order chi connectivity index (χ1) is 8.61. The number of carbonyl (C=O) groups excluding carboxylic acids is 1. The van der Waals surface area contributed by atoms with Crippen LogP contribution >= 0.6 is 0 Å². The molecule has 0 radical (unpaired) electrons. The van der Waals surface area contributed by atoms with E-state index < -0.39 is 0 Å². The average molecular weight is 250 g/mol. The minimum Gasteiger partial charge on any atom is -0.492 e. The minimum absolute atomic E-state index is 0.0319. The summed E-state index contributed by atoms with van der Waals surface area (Å²) in [6.45, 7) is 5.63. The molecule has 0 atom stereocenters. The highest BCUT2D eigenvalue weighted by Crippen LogP contribution is 2.15. The van der Waals surface area contributed by atoms with E-state index in [9.17, 15) is 4.79 Å². The molecule has 0 aliphatic rings. The third-order valence-electron chi connectivity index (χ3n) is 2.50. The van der Waals surface area contributed by atoms with E-state index in [-0.39, 0.29) is 5.91 Å². The molecule has 4 nitrogen and oxygen atoms in total. The van der Waals surface area contributed by atoms with Crippen molar-refractivity contribution < 1.29 is 9.53 Å². The molecule has 3 N–H and O–H groups in total. The number of amides is 1. The lowest BCUT2D eigenvalue weighted by atomic mass is 10.1. The maximum absolute atomic E-state index is 11.3. The van der Waals surface area contributed by atoms with Gasteiger partial charge in [0.25, 0.3) is 0 Å².